The molecular formula is C22H24N2O2S. The Morgan fingerprint density at radius 1 is 1.04 bits per heavy atom. The van der Waals surface area contributed by atoms with Gasteiger partial charge in [-0.15, -0.1) is 17.9 Å². The van der Waals surface area contributed by atoms with Gasteiger partial charge in [0.05, 0.1) is 19.9 Å². The summed E-state index contributed by atoms with van der Waals surface area (Å²) in [4.78, 5) is 7.13. The zero-order chi connectivity index (χ0) is 19.1. The lowest BCUT2D eigenvalue weighted by Crippen LogP contribution is -2.23. The smallest absolute Gasteiger partial charge is 0.123 e. The van der Waals surface area contributed by atoms with E-state index in [9.17, 15) is 0 Å². The number of aromatic nitrogens is 1. The van der Waals surface area contributed by atoms with Crippen molar-refractivity contribution in [2.24, 2.45) is 0 Å². The van der Waals surface area contributed by atoms with E-state index in [2.05, 4.69) is 35.1 Å². The number of hydrogen-bond donors (Lipinski definition) is 0. The Labute approximate surface area is 164 Å². The summed E-state index contributed by atoms with van der Waals surface area (Å²) in [5.74, 6) is 1.72. The molecule has 0 fully saturated rings. The maximum absolute atomic E-state index is 5.31. The van der Waals surface area contributed by atoms with Crippen molar-refractivity contribution in [3.8, 4) is 22.1 Å². The lowest BCUT2D eigenvalue weighted by Gasteiger charge is -2.19. The van der Waals surface area contributed by atoms with Crippen LogP contribution < -0.4 is 9.47 Å². The van der Waals surface area contributed by atoms with Crippen LogP contribution in [0.25, 0.3) is 10.6 Å². The van der Waals surface area contributed by atoms with Crippen LogP contribution in [-0.2, 0) is 13.1 Å². The molecule has 140 valence electrons. The van der Waals surface area contributed by atoms with Gasteiger partial charge in [-0.05, 0) is 29.8 Å². The molecule has 0 N–H and O–H groups in total. The molecule has 0 spiro atoms. The van der Waals surface area contributed by atoms with E-state index in [1.165, 1.54) is 5.56 Å². The summed E-state index contributed by atoms with van der Waals surface area (Å²) in [6.45, 7) is 6.30. The Morgan fingerprint density at radius 3 is 2.52 bits per heavy atom. The molecule has 5 heteroatoms. The summed E-state index contributed by atoms with van der Waals surface area (Å²) in [5, 5.41) is 3.13. The largest absolute Gasteiger partial charge is 0.497 e. The van der Waals surface area contributed by atoms with E-state index in [0.717, 1.165) is 47.4 Å². The first-order chi connectivity index (χ1) is 13.2. The summed E-state index contributed by atoms with van der Waals surface area (Å²) in [6, 6.07) is 16.2. The van der Waals surface area contributed by atoms with Crippen LogP contribution in [0, 0.1) is 0 Å². The minimum atomic E-state index is 0.776. The monoisotopic (exact) mass is 380 g/mol. The fraction of sp³-hybridized carbons (Fsp3) is 0.227. The summed E-state index contributed by atoms with van der Waals surface area (Å²) < 4.78 is 10.5. The minimum absolute atomic E-state index is 0.776. The van der Waals surface area contributed by atoms with Crippen LogP contribution in [-0.4, -0.2) is 30.6 Å². The van der Waals surface area contributed by atoms with Crippen molar-refractivity contribution in [1.82, 2.24) is 9.88 Å². The average Bonchev–Trinajstić information content (AvgIpc) is 3.17. The predicted molar refractivity (Wildman–Crippen MR) is 111 cm³/mol. The van der Waals surface area contributed by atoms with Crippen LogP contribution in [0.3, 0.4) is 0 Å². The molecule has 4 nitrogen and oxygen atoms in total. The maximum atomic E-state index is 5.31. The first-order valence-electron chi connectivity index (χ1n) is 8.77. The zero-order valence-electron chi connectivity index (χ0n) is 15.7. The number of nitrogens with zero attached hydrogens (tertiary/aromatic N) is 2. The number of rotatable bonds is 9. The Kier molecular flexibility index (Phi) is 6.63. The summed E-state index contributed by atoms with van der Waals surface area (Å²) >= 11 is 1.66. The van der Waals surface area contributed by atoms with Crippen molar-refractivity contribution in [2.45, 2.75) is 13.1 Å². The molecule has 0 amide bonds. The highest BCUT2D eigenvalue weighted by molar-refractivity contribution is 7.13. The molecule has 0 aliphatic heterocycles. The van der Waals surface area contributed by atoms with Gasteiger partial charge in [-0.25, -0.2) is 4.98 Å². The Hall–Kier alpha value is -2.63. The van der Waals surface area contributed by atoms with Crippen molar-refractivity contribution < 1.29 is 9.47 Å². The fourth-order valence-corrected chi connectivity index (χ4v) is 3.66. The molecule has 0 atom stereocenters. The zero-order valence-corrected chi connectivity index (χ0v) is 16.5. The van der Waals surface area contributed by atoms with Gasteiger partial charge in [0.15, 0.2) is 0 Å². The summed E-state index contributed by atoms with van der Waals surface area (Å²) in [5.41, 5.74) is 3.38. The van der Waals surface area contributed by atoms with Gasteiger partial charge in [0.25, 0.3) is 0 Å². The van der Waals surface area contributed by atoms with Gasteiger partial charge < -0.3 is 9.47 Å². The lowest BCUT2D eigenvalue weighted by atomic mass is 10.2. The Morgan fingerprint density at radius 2 is 1.81 bits per heavy atom. The molecule has 1 aromatic heterocycles. The number of thiazole rings is 1. The van der Waals surface area contributed by atoms with Crippen molar-refractivity contribution in [3.63, 3.8) is 0 Å². The van der Waals surface area contributed by atoms with E-state index in [4.69, 9.17) is 14.5 Å². The molecule has 0 aliphatic carbocycles. The van der Waals surface area contributed by atoms with Gasteiger partial charge in [0.1, 0.15) is 16.5 Å². The molecule has 3 rings (SSSR count). The second-order valence-corrected chi connectivity index (χ2v) is 7.04. The highest BCUT2D eigenvalue weighted by atomic mass is 32.1. The molecule has 1 heterocycles. The maximum Gasteiger partial charge on any atom is 0.123 e. The summed E-state index contributed by atoms with van der Waals surface area (Å²) in [7, 11) is 3.36. The van der Waals surface area contributed by atoms with Gasteiger partial charge >= 0.3 is 0 Å². The topological polar surface area (TPSA) is 34.6 Å². The minimum Gasteiger partial charge on any atom is -0.497 e. The van der Waals surface area contributed by atoms with E-state index < -0.39 is 0 Å². The predicted octanol–water partition coefficient (Wildman–Crippen LogP) is 5.02. The third-order valence-corrected chi connectivity index (χ3v) is 5.15. The van der Waals surface area contributed by atoms with Crippen LogP contribution in [0.1, 0.15) is 11.3 Å². The third-order valence-electron chi connectivity index (χ3n) is 4.21. The first kappa shape index (κ1) is 19.1. The normalized spacial score (nSPS) is 10.8. The molecule has 0 unspecified atom stereocenters. The van der Waals surface area contributed by atoms with E-state index in [1.807, 2.05) is 36.4 Å². The number of benzene rings is 2. The van der Waals surface area contributed by atoms with E-state index in [0.29, 0.717) is 0 Å². The summed E-state index contributed by atoms with van der Waals surface area (Å²) in [6.07, 6.45) is 1.93. The third kappa shape index (κ3) is 5.18. The van der Waals surface area contributed by atoms with Gasteiger partial charge in [0.2, 0.25) is 0 Å². The number of ether oxygens (including phenoxy) is 2. The van der Waals surface area contributed by atoms with Crippen molar-refractivity contribution >= 4 is 11.3 Å². The average molecular weight is 381 g/mol. The van der Waals surface area contributed by atoms with Crippen molar-refractivity contribution in [3.05, 3.63) is 77.8 Å². The quantitative estimate of drug-likeness (QED) is 0.489. The van der Waals surface area contributed by atoms with Crippen LogP contribution in [0.5, 0.6) is 11.5 Å². The van der Waals surface area contributed by atoms with Crippen LogP contribution >= 0.6 is 11.3 Å². The highest BCUT2D eigenvalue weighted by Crippen LogP contribution is 2.27. The molecule has 0 saturated heterocycles. The van der Waals surface area contributed by atoms with Gasteiger partial charge in [-0.1, -0.05) is 30.3 Å². The molecule has 27 heavy (non-hydrogen) atoms. The Bertz CT molecular complexity index is 874. The molecule has 2 aromatic carbocycles. The molecule has 0 radical (unpaired) electrons. The second kappa shape index (κ2) is 9.35. The fourth-order valence-electron chi connectivity index (χ4n) is 2.85. The van der Waals surface area contributed by atoms with Crippen LogP contribution in [0.4, 0.5) is 0 Å². The van der Waals surface area contributed by atoms with E-state index >= 15 is 0 Å². The lowest BCUT2D eigenvalue weighted by molar-refractivity contribution is 0.283. The number of hydrogen-bond acceptors (Lipinski definition) is 5. The van der Waals surface area contributed by atoms with Crippen LogP contribution in [0.2, 0.25) is 0 Å². The van der Waals surface area contributed by atoms with Gasteiger partial charge in [-0.2, -0.15) is 0 Å². The van der Waals surface area contributed by atoms with Crippen LogP contribution in [0.15, 0.2) is 66.6 Å². The highest BCUT2D eigenvalue weighted by Gasteiger charge is 2.11. The van der Waals surface area contributed by atoms with E-state index in [-0.39, 0.29) is 0 Å². The number of methoxy groups -OCH3 is 2. The first-order valence-corrected chi connectivity index (χ1v) is 9.65. The van der Waals surface area contributed by atoms with Gasteiger partial charge in [-0.3, -0.25) is 4.90 Å². The second-order valence-electron chi connectivity index (χ2n) is 6.18. The van der Waals surface area contributed by atoms with Crippen molar-refractivity contribution in [1.29, 1.82) is 0 Å². The SMILES string of the molecule is C=CCN(Cc1ccc(OC)cc1)Cc1csc(-c2cccc(OC)c2)n1. The molecular weight excluding hydrogens is 356 g/mol. The van der Waals surface area contributed by atoms with Gasteiger partial charge in [0, 0.05) is 30.6 Å². The van der Waals surface area contributed by atoms with E-state index in [1.54, 1.807) is 25.6 Å². The Balaban J connectivity index is 1.70. The molecule has 3 aromatic rings. The van der Waals surface area contributed by atoms with Crippen molar-refractivity contribution in [2.75, 3.05) is 20.8 Å². The molecule has 0 saturated carbocycles. The standard InChI is InChI=1S/C22H24N2O2S/c1-4-12-24(14-17-8-10-20(25-2)11-9-17)15-19-16-27-22(23-19)18-6-5-7-21(13-18)26-3/h4-11,13,16H,1,12,14-15H2,2-3H3. The molecule has 0 aliphatic rings. The molecule has 0 bridgehead atoms.